The van der Waals surface area contributed by atoms with Crippen molar-refractivity contribution >= 4 is 54.2 Å². The second-order valence-electron chi connectivity index (χ2n) is 4.76. The summed E-state index contributed by atoms with van der Waals surface area (Å²) in [7, 11) is 0. The van der Waals surface area contributed by atoms with Gasteiger partial charge in [-0.3, -0.25) is 0 Å². The van der Waals surface area contributed by atoms with Crippen molar-refractivity contribution in [2.45, 2.75) is 6.10 Å². The van der Waals surface area contributed by atoms with Gasteiger partial charge in [-0.2, -0.15) is 0 Å². The Morgan fingerprint density at radius 1 is 0.857 bits per heavy atom. The lowest BCUT2D eigenvalue weighted by Crippen LogP contribution is -2.01. The van der Waals surface area contributed by atoms with Gasteiger partial charge >= 0.3 is 0 Å². The number of hydrogen-bond acceptors (Lipinski definition) is 1. The summed E-state index contributed by atoms with van der Waals surface area (Å²) in [5.74, 6) is 0. The highest BCUT2D eigenvalue weighted by molar-refractivity contribution is 9.11. The van der Waals surface area contributed by atoms with Crippen LogP contribution >= 0.6 is 43.5 Å². The summed E-state index contributed by atoms with van der Waals surface area (Å²) in [6.45, 7) is 0. The molecule has 0 radical (unpaired) electrons. The van der Waals surface area contributed by atoms with Crippen LogP contribution in [0.5, 0.6) is 0 Å². The topological polar surface area (TPSA) is 20.2 Å². The zero-order valence-electron chi connectivity index (χ0n) is 10.9. The van der Waals surface area contributed by atoms with Gasteiger partial charge in [-0.1, -0.05) is 63.9 Å². The Hall–Kier alpha value is -0.870. The van der Waals surface area contributed by atoms with E-state index in [0.29, 0.717) is 5.02 Å². The van der Waals surface area contributed by atoms with E-state index in [0.717, 1.165) is 30.8 Å². The van der Waals surface area contributed by atoms with Gasteiger partial charge in [0.15, 0.2) is 0 Å². The summed E-state index contributed by atoms with van der Waals surface area (Å²) < 4.78 is 1.84. The van der Waals surface area contributed by atoms with E-state index in [1.54, 1.807) is 6.07 Å². The van der Waals surface area contributed by atoms with Gasteiger partial charge in [-0.25, -0.2) is 0 Å². The highest BCUT2D eigenvalue weighted by Crippen LogP contribution is 2.34. The van der Waals surface area contributed by atoms with Crippen LogP contribution in [0.25, 0.3) is 10.8 Å². The molecule has 1 atom stereocenters. The second kappa shape index (κ2) is 6.09. The lowest BCUT2D eigenvalue weighted by molar-refractivity contribution is 0.222. The highest BCUT2D eigenvalue weighted by atomic mass is 79.9. The van der Waals surface area contributed by atoms with Gasteiger partial charge in [0, 0.05) is 8.95 Å². The Bertz CT molecular complexity index is 817. The molecular weight excluding hydrogens is 415 g/mol. The number of hydrogen-bond donors (Lipinski definition) is 1. The molecule has 0 spiro atoms. The van der Waals surface area contributed by atoms with Gasteiger partial charge in [0.2, 0.25) is 0 Å². The molecule has 0 aromatic heterocycles. The monoisotopic (exact) mass is 424 g/mol. The van der Waals surface area contributed by atoms with Crippen molar-refractivity contribution in [3.63, 3.8) is 0 Å². The maximum absolute atomic E-state index is 10.7. The third-order valence-electron chi connectivity index (χ3n) is 3.46. The highest BCUT2D eigenvalue weighted by Gasteiger charge is 2.15. The van der Waals surface area contributed by atoms with E-state index in [-0.39, 0.29) is 0 Å². The SMILES string of the molecule is OC(c1ccc(Br)c(Cl)c1)c1ccc(Br)c2ccccc12. The molecule has 0 heterocycles. The molecule has 4 heteroatoms. The predicted octanol–water partition coefficient (Wildman–Crippen LogP) is 6.10. The first-order chi connectivity index (χ1) is 10.1. The molecule has 106 valence electrons. The smallest absolute Gasteiger partial charge is 0.105 e. The van der Waals surface area contributed by atoms with Crippen LogP contribution in [0.2, 0.25) is 5.02 Å². The van der Waals surface area contributed by atoms with Crippen molar-refractivity contribution in [1.82, 2.24) is 0 Å². The Labute approximate surface area is 144 Å². The fraction of sp³-hybridized carbons (Fsp3) is 0.0588. The van der Waals surface area contributed by atoms with Crippen LogP contribution in [0, 0.1) is 0 Å². The van der Waals surface area contributed by atoms with Crippen molar-refractivity contribution in [1.29, 1.82) is 0 Å². The Morgan fingerprint density at radius 3 is 2.24 bits per heavy atom. The molecule has 0 aliphatic carbocycles. The maximum Gasteiger partial charge on any atom is 0.105 e. The van der Waals surface area contributed by atoms with Gasteiger partial charge in [0.05, 0.1) is 5.02 Å². The molecule has 1 N–H and O–H groups in total. The number of fused-ring (bicyclic) bond motifs is 1. The molecule has 3 rings (SSSR count). The maximum atomic E-state index is 10.7. The van der Waals surface area contributed by atoms with E-state index < -0.39 is 6.10 Å². The normalized spacial score (nSPS) is 12.6. The van der Waals surface area contributed by atoms with Crippen molar-refractivity contribution in [2.75, 3.05) is 0 Å². The number of halogens is 3. The van der Waals surface area contributed by atoms with Gasteiger partial charge in [0.1, 0.15) is 6.10 Å². The first-order valence-corrected chi connectivity index (χ1v) is 8.34. The van der Waals surface area contributed by atoms with E-state index in [1.807, 2.05) is 48.5 Å². The fourth-order valence-corrected chi connectivity index (χ4v) is 3.30. The van der Waals surface area contributed by atoms with Crippen LogP contribution < -0.4 is 0 Å². The third kappa shape index (κ3) is 2.88. The Balaban J connectivity index is 2.15. The average Bonchev–Trinajstić information content (AvgIpc) is 2.50. The molecule has 0 aliphatic rings. The average molecular weight is 427 g/mol. The van der Waals surface area contributed by atoms with E-state index in [2.05, 4.69) is 31.9 Å². The summed E-state index contributed by atoms with van der Waals surface area (Å²) >= 11 is 13.0. The molecule has 0 amide bonds. The van der Waals surface area contributed by atoms with Crippen LogP contribution in [-0.4, -0.2) is 5.11 Å². The number of rotatable bonds is 2. The minimum Gasteiger partial charge on any atom is -0.384 e. The molecule has 21 heavy (non-hydrogen) atoms. The fourth-order valence-electron chi connectivity index (χ4n) is 2.39. The number of aliphatic hydroxyl groups is 1. The standard InChI is InChI=1S/C17H11Br2ClO/c18-14-8-6-13(11-3-1-2-4-12(11)14)17(21)10-5-7-15(19)16(20)9-10/h1-9,17,21H. The predicted molar refractivity (Wildman–Crippen MR) is 94.9 cm³/mol. The van der Waals surface area contributed by atoms with Crippen molar-refractivity contribution < 1.29 is 5.11 Å². The van der Waals surface area contributed by atoms with E-state index in [9.17, 15) is 5.11 Å². The molecule has 1 unspecified atom stereocenters. The molecule has 0 saturated heterocycles. The van der Waals surface area contributed by atoms with Crippen LogP contribution in [-0.2, 0) is 0 Å². The Morgan fingerprint density at radius 2 is 1.52 bits per heavy atom. The van der Waals surface area contributed by atoms with E-state index in [4.69, 9.17) is 11.6 Å². The number of aliphatic hydroxyl groups excluding tert-OH is 1. The molecule has 0 saturated carbocycles. The van der Waals surface area contributed by atoms with Gasteiger partial charge in [0.25, 0.3) is 0 Å². The lowest BCUT2D eigenvalue weighted by atomic mass is 9.96. The summed E-state index contributed by atoms with van der Waals surface area (Å²) in [4.78, 5) is 0. The van der Waals surface area contributed by atoms with Crippen molar-refractivity contribution in [3.05, 3.63) is 79.7 Å². The minimum absolute atomic E-state index is 0.591. The summed E-state index contributed by atoms with van der Waals surface area (Å²) in [5.41, 5.74) is 1.64. The van der Waals surface area contributed by atoms with Crippen molar-refractivity contribution in [2.24, 2.45) is 0 Å². The zero-order valence-corrected chi connectivity index (χ0v) is 14.8. The van der Waals surface area contributed by atoms with Gasteiger partial charge < -0.3 is 5.11 Å². The van der Waals surface area contributed by atoms with Crippen molar-refractivity contribution in [3.8, 4) is 0 Å². The second-order valence-corrected chi connectivity index (χ2v) is 6.87. The summed E-state index contributed by atoms with van der Waals surface area (Å²) in [6.07, 6.45) is -0.714. The molecular formula is C17H11Br2ClO. The van der Waals surface area contributed by atoms with Crippen LogP contribution in [0.4, 0.5) is 0 Å². The van der Waals surface area contributed by atoms with Crippen LogP contribution in [0.1, 0.15) is 17.2 Å². The first-order valence-electron chi connectivity index (χ1n) is 6.38. The number of benzene rings is 3. The molecule has 0 bridgehead atoms. The van der Waals surface area contributed by atoms with Gasteiger partial charge in [-0.05, 0) is 56.0 Å². The third-order valence-corrected chi connectivity index (χ3v) is 5.38. The summed E-state index contributed by atoms with van der Waals surface area (Å²) in [5, 5.41) is 13.4. The molecule has 0 aliphatic heterocycles. The largest absolute Gasteiger partial charge is 0.384 e. The molecule has 3 aromatic carbocycles. The molecule has 1 nitrogen and oxygen atoms in total. The quantitative estimate of drug-likeness (QED) is 0.525. The van der Waals surface area contributed by atoms with Gasteiger partial charge in [-0.15, -0.1) is 0 Å². The lowest BCUT2D eigenvalue weighted by Gasteiger charge is -2.15. The summed E-state index contributed by atoms with van der Waals surface area (Å²) in [6, 6.07) is 17.4. The van der Waals surface area contributed by atoms with E-state index >= 15 is 0 Å². The first kappa shape index (κ1) is 15.0. The van der Waals surface area contributed by atoms with Crippen LogP contribution in [0.15, 0.2) is 63.5 Å². The van der Waals surface area contributed by atoms with E-state index in [1.165, 1.54) is 0 Å². The molecule has 0 fully saturated rings. The molecule has 3 aromatic rings. The van der Waals surface area contributed by atoms with Crippen LogP contribution in [0.3, 0.4) is 0 Å². The zero-order chi connectivity index (χ0) is 15.0. The minimum atomic E-state index is -0.714. The Kier molecular flexibility index (Phi) is 4.36.